The Hall–Kier alpha value is -3.88. The lowest BCUT2D eigenvalue weighted by Crippen LogP contribution is -1.97. The maximum absolute atomic E-state index is 14.3. The van der Waals surface area contributed by atoms with Gasteiger partial charge in [-0.1, -0.05) is 5.16 Å². The molecule has 0 amide bonds. The van der Waals surface area contributed by atoms with Crippen LogP contribution in [0, 0.1) is 17.5 Å². The van der Waals surface area contributed by atoms with Gasteiger partial charge in [-0.25, -0.2) is 23.1 Å². The van der Waals surface area contributed by atoms with E-state index in [0.717, 1.165) is 12.1 Å². The van der Waals surface area contributed by atoms with E-state index in [1.807, 2.05) is 0 Å². The van der Waals surface area contributed by atoms with Crippen molar-refractivity contribution in [2.75, 3.05) is 5.73 Å². The Labute approximate surface area is 162 Å². The third-order valence-corrected chi connectivity index (χ3v) is 3.96. The molecule has 0 unspecified atom stereocenters. The molecule has 2 N–H and O–H groups in total. The first kappa shape index (κ1) is 18.5. The molecule has 0 saturated heterocycles. The predicted octanol–water partition coefficient (Wildman–Crippen LogP) is 4.51. The van der Waals surface area contributed by atoms with Gasteiger partial charge in [-0.3, -0.25) is 0 Å². The van der Waals surface area contributed by atoms with Crippen LogP contribution in [0.5, 0.6) is 11.6 Å². The number of pyridine rings is 2. The van der Waals surface area contributed by atoms with Crippen LogP contribution < -0.4 is 10.5 Å². The van der Waals surface area contributed by atoms with Gasteiger partial charge in [-0.15, -0.1) is 0 Å². The molecule has 146 valence electrons. The van der Waals surface area contributed by atoms with Crippen LogP contribution in [0.4, 0.5) is 19.0 Å². The summed E-state index contributed by atoms with van der Waals surface area (Å²) < 4.78 is 51.2. The molecule has 4 aromatic rings. The minimum absolute atomic E-state index is 0.197. The highest BCUT2D eigenvalue weighted by molar-refractivity contribution is 5.69. The van der Waals surface area contributed by atoms with Crippen molar-refractivity contribution in [3.05, 3.63) is 83.6 Å². The molecule has 6 nitrogen and oxygen atoms in total. The molecular formula is C20H13F3N4O2. The summed E-state index contributed by atoms with van der Waals surface area (Å²) in [4.78, 5) is 7.86. The first-order valence-electron chi connectivity index (χ1n) is 8.43. The van der Waals surface area contributed by atoms with Crippen molar-refractivity contribution in [2.24, 2.45) is 0 Å². The standard InChI is InChI=1S/C20H13F3N4O2/c21-12-6-13(22)8-15(7-12)28-20-17(23)5-11(10-26-20)4-14-9-18(29-27-14)16-2-1-3-25-19(16)24/h1-3,5-10H,4H2,(H2,24,25). The number of benzene rings is 1. The van der Waals surface area contributed by atoms with Gasteiger partial charge in [0.2, 0.25) is 0 Å². The molecule has 0 radical (unpaired) electrons. The topological polar surface area (TPSA) is 87.1 Å². The minimum Gasteiger partial charge on any atom is -0.436 e. The summed E-state index contributed by atoms with van der Waals surface area (Å²) in [5.41, 5.74) is 7.44. The Balaban J connectivity index is 1.51. The third-order valence-electron chi connectivity index (χ3n) is 3.96. The highest BCUT2D eigenvalue weighted by Crippen LogP contribution is 2.27. The van der Waals surface area contributed by atoms with Gasteiger partial charge in [-0.05, 0) is 23.8 Å². The molecule has 0 saturated carbocycles. The van der Waals surface area contributed by atoms with Crippen molar-refractivity contribution >= 4 is 5.82 Å². The van der Waals surface area contributed by atoms with Crippen LogP contribution in [-0.4, -0.2) is 15.1 Å². The van der Waals surface area contributed by atoms with E-state index in [9.17, 15) is 13.2 Å². The summed E-state index contributed by atoms with van der Waals surface area (Å²) in [7, 11) is 0. The number of rotatable bonds is 5. The molecule has 1 aromatic carbocycles. The molecular weight excluding hydrogens is 385 g/mol. The highest BCUT2D eigenvalue weighted by Gasteiger charge is 2.13. The first-order valence-corrected chi connectivity index (χ1v) is 8.43. The second-order valence-corrected chi connectivity index (χ2v) is 6.13. The van der Waals surface area contributed by atoms with Gasteiger partial charge in [-0.2, -0.15) is 0 Å². The molecule has 0 aliphatic heterocycles. The molecule has 29 heavy (non-hydrogen) atoms. The van der Waals surface area contributed by atoms with Crippen LogP contribution >= 0.6 is 0 Å². The van der Waals surface area contributed by atoms with Crippen molar-refractivity contribution in [3.8, 4) is 23.0 Å². The van der Waals surface area contributed by atoms with E-state index in [1.54, 1.807) is 24.4 Å². The van der Waals surface area contributed by atoms with Crippen LogP contribution in [0.25, 0.3) is 11.3 Å². The molecule has 0 bridgehead atoms. The molecule has 0 aliphatic carbocycles. The zero-order valence-electron chi connectivity index (χ0n) is 14.8. The fourth-order valence-corrected chi connectivity index (χ4v) is 2.69. The van der Waals surface area contributed by atoms with E-state index >= 15 is 0 Å². The number of aromatic nitrogens is 3. The van der Waals surface area contributed by atoms with E-state index in [4.69, 9.17) is 15.0 Å². The van der Waals surface area contributed by atoms with E-state index < -0.39 is 23.3 Å². The first-order chi connectivity index (χ1) is 14.0. The SMILES string of the molecule is Nc1ncccc1-c1cc(Cc2cnc(Oc3cc(F)cc(F)c3)c(F)c2)no1. The third kappa shape index (κ3) is 4.18. The number of halogens is 3. The Bertz CT molecular complexity index is 1160. The second kappa shape index (κ2) is 7.63. The van der Waals surface area contributed by atoms with Crippen molar-refractivity contribution in [1.82, 2.24) is 15.1 Å². The normalized spacial score (nSPS) is 10.9. The monoisotopic (exact) mass is 398 g/mol. The van der Waals surface area contributed by atoms with Crippen molar-refractivity contribution in [2.45, 2.75) is 6.42 Å². The molecule has 0 fully saturated rings. The number of hydrogen-bond acceptors (Lipinski definition) is 6. The van der Waals surface area contributed by atoms with E-state index in [-0.39, 0.29) is 12.2 Å². The number of nitrogen functional groups attached to an aromatic ring is 1. The van der Waals surface area contributed by atoms with Gasteiger partial charge < -0.3 is 15.0 Å². The molecule has 4 rings (SSSR count). The molecule has 3 heterocycles. The summed E-state index contributed by atoms with van der Waals surface area (Å²) in [5, 5.41) is 3.95. The van der Waals surface area contributed by atoms with Gasteiger partial charge in [0.25, 0.3) is 5.88 Å². The smallest absolute Gasteiger partial charge is 0.255 e. The second-order valence-electron chi connectivity index (χ2n) is 6.13. The van der Waals surface area contributed by atoms with E-state index in [0.29, 0.717) is 34.5 Å². The molecule has 9 heteroatoms. The van der Waals surface area contributed by atoms with Crippen LogP contribution in [0.2, 0.25) is 0 Å². The maximum atomic E-state index is 14.3. The van der Waals surface area contributed by atoms with Crippen LogP contribution in [0.3, 0.4) is 0 Å². The number of ether oxygens (including phenoxy) is 1. The minimum atomic E-state index is -0.840. The van der Waals surface area contributed by atoms with Gasteiger partial charge in [0.15, 0.2) is 11.6 Å². The molecule has 0 atom stereocenters. The lowest BCUT2D eigenvalue weighted by Gasteiger charge is -2.07. The summed E-state index contributed by atoms with van der Waals surface area (Å²) in [6.07, 6.45) is 3.18. The Morgan fingerprint density at radius 3 is 2.52 bits per heavy atom. The van der Waals surface area contributed by atoms with Gasteiger partial charge in [0.1, 0.15) is 23.2 Å². The summed E-state index contributed by atoms with van der Waals surface area (Å²) in [5.74, 6) is -2.32. The summed E-state index contributed by atoms with van der Waals surface area (Å²) in [6, 6.07) is 8.88. The predicted molar refractivity (Wildman–Crippen MR) is 97.6 cm³/mol. The quantitative estimate of drug-likeness (QED) is 0.532. The zero-order valence-corrected chi connectivity index (χ0v) is 14.8. The molecule has 0 spiro atoms. The van der Waals surface area contributed by atoms with Crippen molar-refractivity contribution in [1.29, 1.82) is 0 Å². The summed E-state index contributed by atoms with van der Waals surface area (Å²) in [6.45, 7) is 0. The zero-order chi connectivity index (χ0) is 20.4. The number of nitrogens with two attached hydrogens (primary N) is 1. The highest BCUT2D eigenvalue weighted by atomic mass is 19.1. The Morgan fingerprint density at radius 1 is 1.00 bits per heavy atom. The largest absolute Gasteiger partial charge is 0.436 e. The van der Waals surface area contributed by atoms with Gasteiger partial charge in [0.05, 0.1) is 11.3 Å². The van der Waals surface area contributed by atoms with Crippen LogP contribution in [0.15, 0.2) is 59.4 Å². The van der Waals surface area contributed by atoms with Gasteiger partial charge in [0, 0.05) is 43.1 Å². The maximum Gasteiger partial charge on any atom is 0.255 e. The number of hydrogen-bond donors (Lipinski definition) is 1. The summed E-state index contributed by atoms with van der Waals surface area (Å²) >= 11 is 0. The number of nitrogens with zero attached hydrogens (tertiary/aromatic N) is 3. The number of anilines is 1. The van der Waals surface area contributed by atoms with E-state index in [2.05, 4.69) is 15.1 Å². The fraction of sp³-hybridized carbons (Fsp3) is 0.0500. The van der Waals surface area contributed by atoms with Gasteiger partial charge >= 0.3 is 0 Å². The fourth-order valence-electron chi connectivity index (χ4n) is 2.69. The van der Waals surface area contributed by atoms with Crippen molar-refractivity contribution in [3.63, 3.8) is 0 Å². The molecule has 0 aliphatic rings. The van der Waals surface area contributed by atoms with Crippen LogP contribution in [-0.2, 0) is 6.42 Å². The lowest BCUT2D eigenvalue weighted by molar-refractivity contribution is 0.414. The Morgan fingerprint density at radius 2 is 1.79 bits per heavy atom. The van der Waals surface area contributed by atoms with Crippen molar-refractivity contribution < 1.29 is 22.4 Å². The average Bonchev–Trinajstić information content (AvgIpc) is 3.12. The molecule has 3 aromatic heterocycles. The van der Waals surface area contributed by atoms with Crippen LogP contribution in [0.1, 0.15) is 11.3 Å². The Kier molecular flexibility index (Phi) is 4.86. The average molecular weight is 398 g/mol. The lowest BCUT2D eigenvalue weighted by atomic mass is 10.1. The van der Waals surface area contributed by atoms with E-state index in [1.165, 1.54) is 12.3 Å².